The number of hydrogen-bond donors (Lipinski definition) is 1. The van der Waals surface area contributed by atoms with Gasteiger partial charge in [-0.15, -0.1) is 0 Å². The fourth-order valence-electron chi connectivity index (χ4n) is 3.04. The van der Waals surface area contributed by atoms with Crippen LogP contribution in [0.25, 0.3) is 10.9 Å². The molecule has 0 aliphatic carbocycles. The number of nitrogens with one attached hydrogen (secondary N) is 1. The lowest BCUT2D eigenvalue weighted by Crippen LogP contribution is -2.25. The van der Waals surface area contributed by atoms with Gasteiger partial charge in [-0.05, 0) is 32.0 Å². The number of aromatic amines is 1. The van der Waals surface area contributed by atoms with E-state index in [1.807, 2.05) is 24.3 Å². The van der Waals surface area contributed by atoms with Crippen molar-refractivity contribution in [3.8, 4) is 5.75 Å². The predicted octanol–water partition coefficient (Wildman–Crippen LogP) is 3.82. The van der Waals surface area contributed by atoms with Gasteiger partial charge in [-0.3, -0.25) is 14.9 Å². The minimum Gasteiger partial charge on any atom is -0.490 e. The molecule has 0 aliphatic rings. The van der Waals surface area contributed by atoms with Gasteiger partial charge < -0.3 is 14.5 Å². The van der Waals surface area contributed by atoms with E-state index < -0.39 is 17.0 Å². The summed E-state index contributed by atoms with van der Waals surface area (Å²) < 4.78 is 10.2. The van der Waals surface area contributed by atoms with Crippen molar-refractivity contribution in [2.24, 2.45) is 0 Å². The molecule has 1 atom stereocenters. The average Bonchev–Trinajstić information content (AvgIpc) is 3.02. The molecule has 3 rings (SSSR count). The number of methoxy groups -OCH3 is 1. The molecule has 3 aromatic rings. The van der Waals surface area contributed by atoms with Crippen LogP contribution in [0, 0.1) is 17.0 Å². The Balaban J connectivity index is 1.84. The zero-order valence-electron chi connectivity index (χ0n) is 15.5. The number of hydrogen-bond acceptors (Lipinski definition) is 6. The highest BCUT2D eigenvalue weighted by atomic mass is 16.6. The summed E-state index contributed by atoms with van der Waals surface area (Å²) in [4.78, 5) is 38.9. The van der Waals surface area contributed by atoms with Crippen molar-refractivity contribution in [3.05, 3.63) is 69.4 Å². The minimum atomic E-state index is -1.06. The molecular weight excluding hydrogens is 364 g/mol. The topological polar surface area (TPSA) is 112 Å². The molecular formula is C20H18N2O6. The Morgan fingerprint density at radius 2 is 1.89 bits per heavy atom. The first kappa shape index (κ1) is 19.1. The Bertz CT molecular complexity index is 1090. The Morgan fingerprint density at radius 1 is 1.18 bits per heavy atom. The molecule has 0 radical (unpaired) electrons. The molecule has 0 bridgehead atoms. The number of ketones is 1. The van der Waals surface area contributed by atoms with Crippen LogP contribution in [0.3, 0.4) is 0 Å². The normalized spacial score (nSPS) is 11.8. The second-order valence-electron chi connectivity index (χ2n) is 6.23. The van der Waals surface area contributed by atoms with Crippen molar-refractivity contribution >= 4 is 28.3 Å². The largest absolute Gasteiger partial charge is 0.490 e. The van der Waals surface area contributed by atoms with Crippen LogP contribution in [0.4, 0.5) is 5.69 Å². The van der Waals surface area contributed by atoms with Gasteiger partial charge in [0.1, 0.15) is 0 Å². The number of aromatic nitrogens is 1. The Morgan fingerprint density at radius 3 is 2.57 bits per heavy atom. The van der Waals surface area contributed by atoms with Crippen molar-refractivity contribution in [3.63, 3.8) is 0 Å². The molecule has 144 valence electrons. The molecule has 1 aromatic heterocycles. The smallest absolute Gasteiger partial charge is 0.339 e. The number of nitro benzene ring substituents is 1. The zero-order valence-corrected chi connectivity index (χ0v) is 15.5. The van der Waals surface area contributed by atoms with Crippen LogP contribution < -0.4 is 4.74 Å². The summed E-state index contributed by atoms with van der Waals surface area (Å²) in [5.74, 6) is -1.16. The highest BCUT2D eigenvalue weighted by Gasteiger charge is 2.26. The number of benzene rings is 2. The van der Waals surface area contributed by atoms with E-state index >= 15 is 0 Å². The van der Waals surface area contributed by atoms with Crippen molar-refractivity contribution in [1.82, 2.24) is 4.98 Å². The molecule has 0 unspecified atom stereocenters. The fraction of sp³-hybridized carbons (Fsp3) is 0.200. The van der Waals surface area contributed by atoms with Crippen LogP contribution in [-0.2, 0) is 4.74 Å². The summed E-state index contributed by atoms with van der Waals surface area (Å²) in [6.07, 6.45) is -1.06. The number of carbonyl (C=O) groups excluding carboxylic acids is 2. The fourth-order valence-corrected chi connectivity index (χ4v) is 3.04. The maximum absolute atomic E-state index is 12.9. The van der Waals surface area contributed by atoms with E-state index in [2.05, 4.69) is 4.98 Å². The summed E-state index contributed by atoms with van der Waals surface area (Å²) >= 11 is 0. The number of aryl methyl sites for hydroxylation is 1. The van der Waals surface area contributed by atoms with Crippen LogP contribution in [0.1, 0.15) is 33.3 Å². The first-order valence-electron chi connectivity index (χ1n) is 8.48. The van der Waals surface area contributed by atoms with Crippen LogP contribution in [0.5, 0.6) is 5.75 Å². The molecule has 8 nitrogen and oxygen atoms in total. The van der Waals surface area contributed by atoms with Gasteiger partial charge in [0.15, 0.2) is 11.9 Å². The number of fused-ring (bicyclic) bond motifs is 1. The number of nitrogens with zero attached hydrogens (tertiary/aromatic N) is 1. The molecule has 1 heterocycles. The molecule has 0 amide bonds. The zero-order chi connectivity index (χ0) is 20.4. The maximum Gasteiger partial charge on any atom is 0.339 e. The van der Waals surface area contributed by atoms with Gasteiger partial charge in [0.2, 0.25) is 5.78 Å². The number of para-hydroxylation sites is 1. The SMILES string of the molecule is COc1ccc(C(=O)O[C@H](C)C(=O)c2c(C)[nH]c3ccccc23)cc1[N+](=O)[O-]. The number of nitro groups is 1. The summed E-state index contributed by atoms with van der Waals surface area (Å²) in [5.41, 5.74) is 1.55. The van der Waals surface area contributed by atoms with Gasteiger partial charge in [-0.25, -0.2) is 4.79 Å². The highest BCUT2D eigenvalue weighted by Crippen LogP contribution is 2.28. The van der Waals surface area contributed by atoms with E-state index in [9.17, 15) is 19.7 Å². The number of H-pyrrole nitrogens is 1. The maximum atomic E-state index is 12.9. The molecule has 0 spiro atoms. The van der Waals surface area contributed by atoms with E-state index in [1.54, 1.807) is 6.92 Å². The van der Waals surface area contributed by atoms with Gasteiger partial charge in [-0.2, -0.15) is 0 Å². The Kier molecular flexibility index (Phi) is 5.12. The molecule has 8 heteroatoms. The van der Waals surface area contributed by atoms with Crippen LogP contribution >= 0.6 is 0 Å². The molecule has 1 N–H and O–H groups in total. The van der Waals surface area contributed by atoms with Gasteiger partial charge in [-0.1, -0.05) is 18.2 Å². The van der Waals surface area contributed by atoms with Gasteiger partial charge >= 0.3 is 11.7 Å². The first-order chi connectivity index (χ1) is 13.3. The molecule has 0 fully saturated rings. The lowest BCUT2D eigenvalue weighted by molar-refractivity contribution is -0.385. The lowest BCUT2D eigenvalue weighted by Gasteiger charge is -2.13. The van der Waals surface area contributed by atoms with Gasteiger partial charge in [0.05, 0.1) is 17.6 Å². The lowest BCUT2D eigenvalue weighted by atomic mass is 10.0. The Hall–Kier alpha value is -3.68. The molecule has 0 saturated heterocycles. The standard InChI is InChI=1S/C20H18N2O6/c1-11-18(14-6-4-5-7-15(14)21-11)19(23)12(2)28-20(24)13-8-9-17(27-3)16(10-13)22(25)26/h4-10,12,21H,1-3H3/t12-/m1/s1. The minimum absolute atomic E-state index is 0.0279. The van der Waals surface area contributed by atoms with Crippen molar-refractivity contribution in [2.45, 2.75) is 20.0 Å². The molecule has 2 aromatic carbocycles. The van der Waals surface area contributed by atoms with Crippen LogP contribution in [-0.4, -0.2) is 34.9 Å². The molecule has 28 heavy (non-hydrogen) atoms. The summed E-state index contributed by atoms with van der Waals surface area (Å²) in [7, 11) is 1.30. The van der Waals surface area contributed by atoms with E-state index in [-0.39, 0.29) is 22.8 Å². The van der Waals surface area contributed by atoms with Gasteiger partial charge in [0, 0.05) is 28.2 Å². The average molecular weight is 382 g/mol. The summed E-state index contributed by atoms with van der Waals surface area (Å²) in [5, 5.41) is 11.9. The van der Waals surface area contributed by atoms with E-state index in [0.29, 0.717) is 11.3 Å². The monoisotopic (exact) mass is 382 g/mol. The number of Topliss-reactive ketones (excluding diaryl/α,β-unsaturated/α-hetero) is 1. The molecule has 0 saturated carbocycles. The number of carbonyl (C=O) groups is 2. The third kappa shape index (κ3) is 3.44. The second-order valence-corrected chi connectivity index (χ2v) is 6.23. The Labute approximate surface area is 160 Å². The highest BCUT2D eigenvalue weighted by molar-refractivity contribution is 6.11. The summed E-state index contributed by atoms with van der Waals surface area (Å²) in [6, 6.07) is 11.1. The third-order valence-corrected chi connectivity index (χ3v) is 4.40. The third-order valence-electron chi connectivity index (χ3n) is 4.40. The quantitative estimate of drug-likeness (QED) is 0.300. The number of esters is 1. The molecule has 0 aliphatic heterocycles. The summed E-state index contributed by atoms with van der Waals surface area (Å²) in [6.45, 7) is 3.24. The van der Waals surface area contributed by atoms with Crippen LogP contribution in [0.2, 0.25) is 0 Å². The van der Waals surface area contributed by atoms with E-state index in [1.165, 1.54) is 26.2 Å². The van der Waals surface area contributed by atoms with Gasteiger partial charge in [0.25, 0.3) is 0 Å². The van der Waals surface area contributed by atoms with E-state index in [4.69, 9.17) is 9.47 Å². The van der Waals surface area contributed by atoms with E-state index in [0.717, 1.165) is 17.0 Å². The van der Waals surface area contributed by atoms with Crippen molar-refractivity contribution < 1.29 is 24.0 Å². The van der Waals surface area contributed by atoms with Crippen molar-refractivity contribution in [2.75, 3.05) is 7.11 Å². The number of rotatable bonds is 6. The second kappa shape index (κ2) is 7.51. The van der Waals surface area contributed by atoms with Crippen molar-refractivity contribution in [1.29, 1.82) is 0 Å². The first-order valence-corrected chi connectivity index (χ1v) is 8.48. The predicted molar refractivity (Wildman–Crippen MR) is 102 cm³/mol. The number of ether oxygens (including phenoxy) is 2. The van der Waals surface area contributed by atoms with Crippen LogP contribution in [0.15, 0.2) is 42.5 Å².